The topological polar surface area (TPSA) is 41.5 Å². The Labute approximate surface area is 67.9 Å². The van der Waals surface area contributed by atoms with Crippen molar-refractivity contribution in [2.75, 3.05) is 0 Å². The molecule has 0 atom stereocenters. The van der Waals surface area contributed by atoms with Crippen molar-refractivity contribution in [3.63, 3.8) is 0 Å². The Bertz CT molecular complexity index is 140. The zero-order valence-corrected chi connectivity index (χ0v) is 7.59. The van der Waals surface area contributed by atoms with Crippen LogP contribution < -0.4 is 5.43 Å². The van der Waals surface area contributed by atoms with Gasteiger partial charge in [0.2, 0.25) is 6.41 Å². The van der Waals surface area contributed by atoms with Crippen LogP contribution in [0.2, 0.25) is 0 Å². The lowest BCUT2D eigenvalue weighted by atomic mass is 9.98. The SMILES string of the molecule is CC(C)C(=NNC=O)C(C)C. The Morgan fingerprint density at radius 1 is 1.27 bits per heavy atom. The monoisotopic (exact) mass is 156 g/mol. The van der Waals surface area contributed by atoms with Crippen molar-refractivity contribution in [1.29, 1.82) is 0 Å². The Kier molecular flexibility index (Phi) is 4.50. The van der Waals surface area contributed by atoms with E-state index >= 15 is 0 Å². The first-order valence-corrected chi connectivity index (χ1v) is 3.86. The van der Waals surface area contributed by atoms with Crippen LogP contribution >= 0.6 is 0 Å². The number of hydrazone groups is 1. The molecular formula is C8H16N2O. The van der Waals surface area contributed by atoms with E-state index in [1.165, 1.54) is 0 Å². The average Bonchev–Trinajstić information content (AvgIpc) is 1.87. The summed E-state index contributed by atoms with van der Waals surface area (Å²) in [6.45, 7) is 8.24. The molecule has 0 aliphatic rings. The molecule has 0 spiro atoms. The van der Waals surface area contributed by atoms with Gasteiger partial charge in [-0.15, -0.1) is 0 Å². The quantitative estimate of drug-likeness (QED) is 0.373. The van der Waals surface area contributed by atoms with Crippen molar-refractivity contribution in [1.82, 2.24) is 5.43 Å². The number of nitrogens with one attached hydrogen (secondary N) is 1. The second kappa shape index (κ2) is 4.88. The predicted molar refractivity (Wildman–Crippen MR) is 46.3 cm³/mol. The highest BCUT2D eigenvalue weighted by Gasteiger charge is 2.08. The molecule has 0 radical (unpaired) electrons. The second-order valence-electron chi connectivity index (χ2n) is 3.09. The first kappa shape index (κ1) is 10.1. The van der Waals surface area contributed by atoms with Crippen LogP contribution in [0.15, 0.2) is 5.10 Å². The van der Waals surface area contributed by atoms with Crippen LogP contribution in [0.4, 0.5) is 0 Å². The molecule has 64 valence electrons. The van der Waals surface area contributed by atoms with E-state index in [-0.39, 0.29) is 0 Å². The fourth-order valence-electron chi connectivity index (χ4n) is 1.03. The molecule has 0 bridgehead atoms. The normalized spacial score (nSPS) is 10.0. The van der Waals surface area contributed by atoms with Crippen LogP contribution in [0.3, 0.4) is 0 Å². The molecule has 3 heteroatoms. The van der Waals surface area contributed by atoms with Crippen LogP contribution in [-0.2, 0) is 4.79 Å². The van der Waals surface area contributed by atoms with Gasteiger partial charge in [0.25, 0.3) is 0 Å². The van der Waals surface area contributed by atoms with Gasteiger partial charge in [-0.25, -0.2) is 5.43 Å². The zero-order valence-electron chi connectivity index (χ0n) is 7.59. The second-order valence-corrected chi connectivity index (χ2v) is 3.09. The molecule has 0 aromatic carbocycles. The van der Waals surface area contributed by atoms with Crippen LogP contribution in [0.1, 0.15) is 27.7 Å². The maximum Gasteiger partial charge on any atom is 0.227 e. The van der Waals surface area contributed by atoms with Crippen LogP contribution in [0.5, 0.6) is 0 Å². The minimum atomic E-state index is 0.391. The fourth-order valence-corrected chi connectivity index (χ4v) is 1.03. The Morgan fingerprint density at radius 2 is 1.73 bits per heavy atom. The predicted octanol–water partition coefficient (Wildman–Crippen LogP) is 1.40. The van der Waals surface area contributed by atoms with Gasteiger partial charge in [0.05, 0.1) is 0 Å². The molecular weight excluding hydrogens is 140 g/mol. The maximum atomic E-state index is 9.94. The van der Waals surface area contributed by atoms with Gasteiger partial charge in [-0.2, -0.15) is 5.10 Å². The summed E-state index contributed by atoms with van der Waals surface area (Å²) in [6, 6.07) is 0. The van der Waals surface area contributed by atoms with Gasteiger partial charge in [-0.1, -0.05) is 27.7 Å². The lowest BCUT2D eigenvalue weighted by Gasteiger charge is -2.12. The highest BCUT2D eigenvalue weighted by Crippen LogP contribution is 2.06. The summed E-state index contributed by atoms with van der Waals surface area (Å²) in [5, 5.41) is 3.94. The summed E-state index contributed by atoms with van der Waals surface area (Å²) < 4.78 is 0. The molecule has 11 heavy (non-hydrogen) atoms. The maximum absolute atomic E-state index is 9.94. The molecule has 1 N–H and O–H groups in total. The first-order valence-electron chi connectivity index (χ1n) is 3.86. The van der Waals surface area contributed by atoms with Crippen molar-refractivity contribution < 1.29 is 4.79 Å². The van der Waals surface area contributed by atoms with Crippen LogP contribution in [0.25, 0.3) is 0 Å². The standard InChI is InChI=1S/C8H16N2O/c1-6(2)8(7(3)4)10-9-5-11/h5-7H,1-4H3,(H,9,11). The molecule has 0 aliphatic carbocycles. The van der Waals surface area contributed by atoms with E-state index in [1.807, 2.05) is 0 Å². The van der Waals surface area contributed by atoms with Gasteiger partial charge in [-0.05, 0) is 11.8 Å². The van der Waals surface area contributed by atoms with Crippen molar-refractivity contribution in [2.45, 2.75) is 27.7 Å². The van der Waals surface area contributed by atoms with Gasteiger partial charge >= 0.3 is 0 Å². The van der Waals surface area contributed by atoms with E-state index in [0.717, 1.165) is 5.71 Å². The van der Waals surface area contributed by atoms with Gasteiger partial charge < -0.3 is 0 Å². The molecule has 0 saturated carbocycles. The van der Waals surface area contributed by atoms with E-state index in [2.05, 4.69) is 38.2 Å². The molecule has 3 nitrogen and oxygen atoms in total. The lowest BCUT2D eigenvalue weighted by Crippen LogP contribution is -2.19. The summed E-state index contributed by atoms with van der Waals surface area (Å²) in [6.07, 6.45) is 0.588. The number of rotatable bonds is 4. The Balaban J connectivity index is 4.20. The highest BCUT2D eigenvalue weighted by molar-refractivity contribution is 5.88. The van der Waals surface area contributed by atoms with Gasteiger partial charge in [-0.3, -0.25) is 4.79 Å². The average molecular weight is 156 g/mol. The fraction of sp³-hybridized carbons (Fsp3) is 0.750. The smallest absolute Gasteiger partial charge is 0.227 e. The summed E-state index contributed by atoms with van der Waals surface area (Å²) in [5.41, 5.74) is 3.34. The molecule has 0 saturated heterocycles. The zero-order chi connectivity index (χ0) is 8.85. The molecule has 0 rings (SSSR count). The molecule has 0 fully saturated rings. The molecule has 0 aromatic heterocycles. The number of carbonyl (C=O) groups excluding carboxylic acids is 1. The van der Waals surface area contributed by atoms with Crippen LogP contribution in [-0.4, -0.2) is 12.1 Å². The van der Waals surface area contributed by atoms with E-state index in [0.29, 0.717) is 18.2 Å². The van der Waals surface area contributed by atoms with Crippen molar-refractivity contribution >= 4 is 12.1 Å². The largest absolute Gasteiger partial charge is 0.277 e. The third-order valence-electron chi connectivity index (χ3n) is 1.43. The number of amides is 1. The van der Waals surface area contributed by atoms with Gasteiger partial charge in [0, 0.05) is 5.71 Å². The molecule has 0 heterocycles. The van der Waals surface area contributed by atoms with Gasteiger partial charge in [0.1, 0.15) is 0 Å². The summed E-state index contributed by atoms with van der Waals surface area (Å²) >= 11 is 0. The number of hydrogen-bond donors (Lipinski definition) is 1. The summed E-state index contributed by atoms with van der Waals surface area (Å²) in [5.74, 6) is 0.782. The van der Waals surface area contributed by atoms with E-state index in [9.17, 15) is 4.79 Å². The van der Waals surface area contributed by atoms with Crippen molar-refractivity contribution in [3.05, 3.63) is 0 Å². The van der Waals surface area contributed by atoms with Crippen LogP contribution in [0, 0.1) is 11.8 Å². The van der Waals surface area contributed by atoms with Gasteiger partial charge in [0.15, 0.2) is 0 Å². The Hall–Kier alpha value is -0.860. The molecule has 0 unspecified atom stereocenters. The lowest BCUT2D eigenvalue weighted by molar-refractivity contribution is -0.109. The van der Waals surface area contributed by atoms with Crippen molar-refractivity contribution in [2.24, 2.45) is 16.9 Å². The third kappa shape index (κ3) is 3.75. The minimum absolute atomic E-state index is 0.391. The molecule has 0 aromatic rings. The summed E-state index contributed by atoms with van der Waals surface area (Å²) in [4.78, 5) is 9.94. The third-order valence-corrected chi connectivity index (χ3v) is 1.43. The number of nitrogens with zero attached hydrogens (tertiary/aromatic N) is 1. The first-order chi connectivity index (χ1) is 5.09. The van der Waals surface area contributed by atoms with E-state index in [1.54, 1.807) is 0 Å². The molecule has 1 amide bonds. The Morgan fingerprint density at radius 3 is 2.00 bits per heavy atom. The number of carbonyl (C=O) groups is 1. The highest BCUT2D eigenvalue weighted by atomic mass is 16.1. The van der Waals surface area contributed by atoms with E-state index in [4.69, 9.17) is 0 Å². The van der Waals surface area contributed by atoms with E-state index < -0.39 is 0 Å². The van der Waals surface area contributed by atoms with Crippen molar-refractivity contribution in [3.8, 4) is 0 Å². The molecule has 0 aliphatic heterocycles. The minimum Gasteiger partial charge on any atom is -0.277 e. The summed E-state index contributed by atoms with van der Waals surface area (Å²) in [7, 11) is 0. The number of hydrogen-bond acceptors (Lipinski definition) is 2.